The lowest BCUT2D eigenvalue weighted by atomic mass is 10.2. The number of rotatable bonds is 5. The summed E-state index contributed by atoms with van der Waals surface area (Å²) < 4.78 is 5.66. The second kappa shape index (κ2) is 8.57. The van der Waals surface area contributed by atoms with Crippen LogP contribution < -0.4 is 4.74 Å². The number of thiophene rings is 1. The molecule has 1 atom stereocenters. The first kappa shape index (κ1) is 20.1. The number of nitrogens with zero attached hydrogens (tertiary/aromatic N) is 3. The zero-order valence-electron chi connectivity index (χ0n) is 15.0. The maximum Gasteiger partial charge on any atom is 0.324 e. The number of hydrogen-bond donors (Lipinski definition) is 0. The van der Waals surface area contributed by atoms with E-state index in [1.165, 1.54) is 12.1 Å². The van der Waals surface area contributed by atoms with E-state index in [9.17, 15) is 19.7 Å². The summed E-state index contributed by atoms with van der Waals surface area (Å²) in [5.74, 6) is 0.0914. The highest BCUT2D eigenvalue weighted by molar-refractivity contribution is 7.17. The Morgan fingerprint density at radius 2 is 1.86 bits per heavy atom. The number of amides is 2. The molecule has 0 N–H and O–H groups in total. The van der Waals surface area contributed by atoms with Crippen molar-refractivity contribution in [2.75, 3.05) is 26.2 Å². The predicted octanol–water partition coefficient (Wildman–Crippen LogP) is 3.06. The van der Waals surface area contributed by atoms with Gasteiger partial charge in [0.1, 0.15) is 5.75 Å². The quantitative estimate of drug-likeness (QED) is 0.544. The van der Waals surface area contributed by atoms with E-state index >= 15 is 0 Å². The number of ether oxygens (including phenoxy) is 1. The van der Waals surface area contributed by atoms with Crippen LogP contribution in [0.15, 0.2) is 36.4 Å². The normalized spacial score (nSPS) is 15.2. The van der Waals surface area contributed by atoms with Crippen LogP contribution in [0.25, 0.3) is 0 Å². The minimum Gasteiger partial charge on any atom is -0.481 e. The fraction of sp³-hybridized carbons (Fsp3) is 0.333. The minimum absolute atomic E-state index is 0.0656. The SMILES string of the molecule is CC(Oc1cccc(Cl)c1)C(=O)N1CCN(C(=O)c2ccc([N+](=O)[O-])s2)CC1. The molecule has 3 rings (SSSR count). The number of nitro groups is 1. The van der Waals surface area contributed by atoms with Crippen LogP contribution in [-0.4, -0.2) is 58.8 Å². The van der Waals surface area contributed by atoms with Crippen LogP contribution in [0.1, 0.15) is 16.6 Å². The zero-order chi connectivity index (χ0) is 20.3. The summed E-state index contributed by atoms with van der Waals surface area (Å²) in [6.07, 6.45) is -0.680. The summed E-state index contributed by atoms with van der Waals surface area (Å²) in [4.78, 5) is 38.9. The third kappa shape index (κ3) is 4.60. The van der Waals surface area contributed by atoms with Gasteiger partial charge in [-0.05, 0) is 31.2 Å². The highest BCUT2D eigenvalue weighted by Gasteiger charge is 2.29. The van der Waals surface area contributed by atoms with Crippen LogP contribution >= 0.6 is 22.9 Å². The Bertz CT molecular complexity index is 895. The van der Waals surface area contributed by atoms with Crippen LogP contribution in [0.5, 0.6) is 5.75 Å². The molecule has 1 aliphatic rings. The molecule has 2 heterocycles. The molecule has 1 aliphatic heterocycles. The molecule has 28 heavy (non-hydrogen) atoms. The lowest BCUT2D eigenvalue weighted by Crippen LogP contribution is -2.53. The standard InChI is InChI=1S/C18H18ClN3O5S/c1-12(27-14-4-2-3-13(19)11-14)17(23)20-7-9-21(10-8-20)18(24)15-5-6-16(28-15)22(25)26/h2-6,11-12H,7-10H2,1H3. The number of benzene rings is 1. The summed E-state index contributed by atoms with van der Waals surface area (Å²) in [7, 11) is 0. The van der Waals surface area contributed by atoms with E-state index in [0.29, 0.717) is 41.8 Å². The van der Waals surface area contributed by atoms with Crippen LogP contribution in [-0.2, 0) is 4.79 Å². The number of piperazine rings is 1. The van der Waals surface area contributed by atoms with E-state index in [2.05, 4.69) is 0 Å². The van der Waals surface area contributed by atoms with Gasteiger partial charge >= 0.3 is 5.00 Å². The molecule has 0 radical (unpaired) electrons. The van der Waals surface area contributed by atoms with Gasteiger partial charge in [-0.2, -0.15) is 0 Å². The fourth-order valence-electron chi connectivity index (χ4n) is 2.88. The van der Waals surface area contributed by atoms with Crippen molar-refractivity contribution in [2.45, 2.75) is 13.0 Å². The summed E-state index contributed by atoms with van der Waals surface area (Å²) in [6, 6.07) is 9.62. The molecule has 1 unspecified atom stereocenters. The predicted molar refractivity (Wildman–Crippen MR) is 105 cm³/mol. The minimum atomic E-state index is -0.680. The van der Waals surface area contributed by atoms with Gasteiger partial charge in [0.15, 0.2) is 6.10 Å². The van der Waals surface area contributed by atoms with Gasteiger partial charge in [-0.25, -0.2) is 0 Å². The summed E-state index contributed by atoms with van der Waals surface area (Å²) in [5, 5.41) is 11.2. The molecule has 0 spiro atoms. The second-order valence-corrected chi connectivity index (χ2v) is 7.73. The molecule has 10 heteroatoms. The number of carbonyl (C=O) groups excluding carboxylic acids is 2. The van der Waals surface area contributed by atoms with E-state index < -0.39 is 11.0 Å². The first-order chi connectivity index (χ1) is 13.3. The van der Waals surface area contributed by atoms with Gasteiger partial charge in [-0.1, -0.05) is 29.0 Å². The number of halogens is 1. The van der Waals surface area contributed by atoms with Crippen molar-refractivity contribution in [3.8, 4) is 5.75 Å². The number of carbonyl (C=O) groups is 2. The van der Waals surface area contributed by atoms with Crippen LogP contribution in [0.4, 0.5) is 5.00 Å². The van der Waals surface area contributed by atoms with E-state index in [1.807, 2.05) is 0 Å². The topological polar surface area (TPSA) is 93.0 Å². The zero-order valence-corrected chi connectivity index (χ0v) is 16.6. The lowest BCUT2D eigenvalue weighted by molar-refractivity contribution is -0.380. The third-order valence-corrected chi connectivity index (χ3v) is 5.58. The van der Waals surface area contributed by atoms with Gasteiger partial charge < -0.3 is 14.5 Å². The van der Waals surface area contributed by atoms with E-state index in [0.717, 1.165) is 11.3 Å². The van der Waals surface area contributed by atoms with Crippen molar-refractivity contribution < 1.29 is 19.2 Å². The molecule has 0 bridgehead atoms. The largest absolute Gasteiger partial charge is 0.481 e. The maximum absolute atomic E-state index is 12.6. The van der Waals surface area contributed by atoms with Gasteiger partial charge in [0.25, 0.3) is 11.8 Å². The molecular weight excluding hydrogens is 406 g/mol. The van der Waals surface area contributed by atoms with Crippen molar-refractivity contribution in [2.24, 2.45) is 0 Å². The summed E-state index contributed by atoms with van der Waals surface area (Å²) in [5.41, 5.74) is 0. The van der Waals surface area contributed by atoms with Gasteiger partial charge in [0, 0.05) is 37.3 Å². The molecular formula is C18H18ClN3O5S. The Kier molecular flexibility index (Phi) is 6.15. The molecule has 2 amide bonds. The van der Waals surface area contributed by atoms with Gasteiger partial charge in [0.05, 0.1) is 9.80 Å². The lowest BCUT2D eigenvalue weighted by Gasteiger charge is -2.35. The van der Waals surface area contributed by atoms with E-state index in [4.69, 9.17) is 16.3 Å². The van der Waals surface area contributed by atoms with Gasteiger partial charge in [-0.3, -0.25) is 19.7 Å². The maximum atomic E-state index is 12.6. The first-order valence-corrected chi connectivity index (χ1v) is 9.79. The third-order valence-electron chi connectivity index (χ3n) is 4.32. The Hall–Kier alpha value is -2.65. The Morgan fingerprint density at radius 3 is 2.46 bits per heavy atom. The average molecular weight is 424 g/mol. The van der Waals surface area contributed by atoms with Crippen LogP contribution in [0.2, 0.25) is 5.02 Å². The van der Waals surface area contributed by atoms with Crippen LogP contribution in [0.3, 0.4) is 0 Å². The van der Waals surface area contributed by atoms with E-state index in [-0.39, 0.29) is 16.8 Å². The second-order valence-electron chi connectivity index (χ2n) is 6.23. The smallest absolute Gasteiger partial charge is 0.324 e. The molecule has 1 saturated heterocycles. The van der Waals surface area contributed by atoms with Gasteiger partial charge in [-0.15, -0.1) is 0 Å². The molecule has 0 aliphatic carbocycles. The Morgan fingerprint density at radius 1 is 1.18 bits per heavy atom. The Labute approximate surface area is 170 Å². The highest BCUT2D eigenvalue weighted by atomic mass is 35.5. The molecule has 1 aromatic heterocycles. The molecule has 0 saturated carbocycles. The molecule has 148 valence electrons. The molecule has 8 nitrogen and oxygen atoms in total. The highest BCUT2D eigenvalue weighted by Crippen LogP contribution is 2.25. The van der Waals surface area contributed by atoms with Crippen molar-refractivity contribution in [3.05, 3.63) is 56.4 Å². The Balaban J connectivity index is 1.54. The summed E-state index contributed by atoms with van der Waals surface area (Å²) >= 11 is 6.78. The van der Waals surface area contributed by atoms with Crippen LogP contribution in [0, 0.1) is 10.1 Å². The average Bonchev–Trinajstić information content (AvgIpc) is 3.17. The molecule has 1 fully saturated rings. The van der Waals surface area contributed by atoms with E-state index in [1.54, 1.807) is 41.0 Å². The number of hydrogen-bond acceptors (Lipinski definition) is 6. The van der Waals surface area contributed by atoms with Gasteiger partial charge in [0.2, 0.25) is 0 Å². The fourth-order valence-corrected chi connectivity index (χ4v) is 3.85. The van der Waals surface area contributed by atoms with Crippen molar-refractivity contribution >= 4 is 39.8 Å². The van der Waals surface area contributed by atoms with Crippen molar-refractivity contribution in [3.63, 3.8) is 0 Å². The molecule has 1 aromatic carbocycles. The molecule has 2 aromatic rings. The monoisotopic (exact) mass is 423 g/mol. The van der Waals surface area contributed by atoms with Crippen molar-refractivity contribution in [1.82, 2.24) is 9.80 Å². The first-order valence-electron chi connectivity index (χ1n) is 8.59. The summed E-state index contributed by atoms with van der Waals surface area (Å²) in [6.45, 7) is 3.15. The van der Waals surface area contributed by atoms with Crippen molar-refractivity contribution in [1.29, 1.82) is 0 Å².